The van der Waals surface area contributed by atoms with Crippen molar-refractivity contribution in [2.45, 2.75) is 18.2 Å². The highest BCUT2D eigenvalue weighted by Gasteiger charge is 2.25. The van der Waals surface area contributed by atoms with Gasteiger partial charge in [-0.15, -0.1) is 22.7 Å². The maximum atomic E-state index is 12.4. The Morgan fingerprint density at radius 3 is 2.63 bits per heavy atom. The minimum atomic E-state index is -0.670. The smallest absolute Gasteiger partial charge is 0.341 e. The van der Waals surface area contributed by atoms with Crippen molar-refractivity contribution in [3.8, 4) is 0 Å². The number of esters is 1. The number of aromatic nitrogens is 1. The van der Waals surface area contributed by atoms with Crippen LogP contribution in [-0.4, -0.2) is 48.8 Å². The number of ether oxygens (including phenoxy) is 2. The van der Waals surface area contributed by atoms with Crippen LogP contribution < -0.4 is 11.1 Å². The molecule has 0 aliphatic heterocycles. The molecule has 11 heteroatoms. The van der Waals surface area contributed by atoms with Crippen LogP contribution in [0.5, 0.6) is 0 Å². The van der Waals surface area contributed by atoms with Crippen LogP contribution in [0.3, 0.4) is 0 Å². The summed E-state index contributed by atoms with van der Waals surface area (Å²) in [5.74, 6) is -1.52. The summed E-state index contributed by atoms with van der Waals surface area (Å²) in [5, 5.41) is 4.81. The Labute approximate surface area is 168 Å². The third kappa shape index (κ3) is 5.76. The van der Waals surface area contributed by atoms with Gasteiger partial charge in [0.2, 0.25) is 5.91 Å². The first-order chi connectivity index (χ1) is 12.8. The molecule has 0 saturated heterocycles. The molecule has 0 unspecified atom stereocenters. The van der Waals surface area contributed by atoms with Gasteiger partial charge in [-0.3, -0.25) is 9.59 Å². The van der Waals surface area contributed by atoms with Gasteiger partial charge in [-0.05, 0) is 19.4 Å². The molecule has 27 heavy (non-hydrogen) atoms. The SMILES string of the molecule is COCCOC(=O)c1c(NC(=O)CSc2nc(C)cs2)sc(C(N)=O)c1C. The highest BCUT2D eigenvalue weighted by atomic mass is 32.2. The first-order valence-electron chi connectivity index (χ1n) is 7.77. The molecule has 0 aliphatic carbocycles. The number of thiophene rings is 1. The lowest BCUT2D eigenvalue weighted by Crippen LogP contribution is -2.17. The number of nitrogens with two attached hydrogens (primary N) is 1. The number of hydrogen-bond donors (Lipinski definition) is 2. The molecule has 0 radical (unpaired) electrons. The number of hydrogen-bond acceptors (Lipinski definition) is 9. The Morgan fingerprint density at radius 1 is 1.30 bits per heavy atom. The minimum absolute atomic E-state index is 0.0587. The van der Waals surface area contributed by atoms with Gasteiger partial charge in [0.05, 0.1) is 22.8 Å². The molecule has 8 nitrogen and oxygen atoms in total. The molecule has 0 spiro atoms. The minimum Gasteiger partial charge on any atom is -0.460 e. The van der Waals surface area contributed by atoms with Crippen molar-refractivity contribution in [1.29, 1.82) is 0 Å². The van der Waals surface area contributed by atoms with E-state index >= 15 is 0 Å². The van der Waals surface area contributed by atoms with E-state index in [1.54, 1.807) is 6.92 Å². The maximum Gasteiger partial charge on any atom is 0.341 e. The third-order valence-corrected chi connectivity index (χ3v) is 6.63. The lowest BCUT2D eigenvalue weighted by molar-refractivity contribution is -0.113. The molecule has 0 fully saturated rings. The molecule has 146 valence electrons. The average molecular weight is 430 g/mol. The van der Waals surface area contributed by atoms with Crippen molar-refractivity contribution in [3.05, 3.63) is 27.1 Å². The van der Waals surface area contributed by atoms with Gasteiger partial charge >= 0.3 is 5.97 Å². The number of carbonyl (C=O) groups excluding carboxylic acids is 3. The van der Waals surface area contributed by atoms with E-state index < -0.39 is 11.9 Å². The molecule has 0 bridgehead atoms. The largest absolute Gasteiger partial charge is 0.460 e. The zero-order chi connectivity index (χ0) is 20.0. The molecular formula is C16H19N3O5S3. The Kier molecular flexibility index (Phi) is 7.78. The number of rotatable bonds is 9. The third-order valence-electron chi connectivity index (χ3n) is 3.27. The second-order valence-electron chi connectivity index (χ2n) is 5.34. The Bertz CT molecular complexity index is 846. The summed E-state index contributed by atoms with van der Waals surface area (Å²) in [4.78, 5) is 40.7. The van der Waals surface area contributed by atoms with E-state index in [2.05, 4.69) is 10.3 Å². The zero-order valence-corrected chi connectivity index (χ0v) is 17.4. The Hall–Kier alpha value is -1.95. The van der Waals surface area contributed by atoms with Crippen molar-refractivity contribution >= 4 is 57.2 Å². The van der Waals surface area contributed by atoms with Crippen molar-refractivity contribution in [2.24, 2.45) is 5.73 Å². The quantitative estimate of drug-likeness (QED) is 0.357. The van der Waals surface area contributed by atoms with Crippen LogP contribution in [0.15, 0.2) is 9.72 Å². The molecule has 2 aromatic rings. The predicted octanol–water partition coefficient (Wildman–Crippen LogP) is 2.45. The van der Waals surface area contributed by atoms with E-state index in [1.807, 2.05) is 12.3 Å². The van der Waals surface area contributed by atoms with Crippen LogP contribution in [0, 0.1) is 13.8 Å². The molecule has 0 aliphatic rings. The van der Waals surface area contributed by atoms with E-state index in [4.69, 9.17) is 15.2 Å². The standard InChI is InChI=1S/C16H19N3O5S3/c1-8-6-25-16(18-8)26-7-10(20)19-14-11(15(22)24-5-4-23-3)9(2)12(27-14)13(17)21/h6H,4-5,7H2,1-3H3,(H2,17,21)(H,19,20). The summed E-state index contributed by atoms with van der Waals surface area (Å²) in [7, 11) is 1.49. The number of thiazole rings is 1. The van der Waals surface area contributed by atoms with Crippen molar-refractivity contribution in [2.75, 3.05) is 31.4 Å². The average Bonchev–Trinajstić information content (AvgIpc) is 3.16. The zero-order valence-electron chi connectivity index (χ0n) is 15.0. The predicted molar refractivity (Wildman–Crippen MR) is 106 cm³/mol. The highest BCUT2D eigenvalue weighted by Crippen LogP contribution is 2.34. The number of carbonyl (C=O) groups is 3. The van der Waals surface area contributed by atoms with E-state index in [0.29, 0.717) is 5.56 Å². The first-order valence-corrected chi connectivity index (χ1v) is 10.5. The van der Waals surface area contributed by atoms with Crippen molar-refractivity contribution in [1.82, 2.24) is 4.98 Å². The molecule has 2 amide bonds. The lowest BCUT2D eigenvalue weighted by Gasteiger charge is -2.07. The fourth-order valence-electron chi connectivity index (χ4n) is 2.06. The van der Waals surface area contributed by atoms with Crippen LogP contribution in [0.2, 0.25) is 0 Å². The van der Waals surface area contributed by atoms with E-state index in [0.717, 1.165) is 21.4 Å². The fraction of sp³-hybridized carbons (Fsp3) is 0.375. The van der Waals surface area contributed by atoms with Gasteiger partial charge in [-0.1, -0.05) is 11.8 Å². The molecule has 0 atom stereocenters. The second kappa shape index (κ2) is 9.83. The van der Waals surface area contributed by atoms with Crippen LogP contribution in [0.25, 0.3) is 0 Å². The number of nitrogens with zero attached hydrogens (tertiary/aromatic N) is 1. The number of nitrogens with one attached hydrogen (secondary N) is 1. The van der Waals surface area contributed by atoms with Crippen LogP contribution in [-0.2, 0) is 14.3 Å². The monoisotopic (exact) mass is 429 g/mol. The Morgan fingerprint density at radius 2 is 2.04 bits per heavy atom. The van der Waals surface area contributed by atoms with Gasteiger partial charge in [0.1, 0.15) is 11.6 Å². The molecule has 3 N–H and O–H groups in total. The molecule has 2 aromatic heterocycles. The normalized spacial score (nSPS) is 10.6. The number of primary amides is 1. The molecule has 2 heterocycles. The van der Waals surface area contributed by atoms with Crippen molar-refractivity contribution in [3.63, 3.8) is 0 Å². The summed E-state index contributed by atoms with van der Waals surface area (Å²) in [5.41, 5.74) is 6.77. The molecule has 0 aromatic carbocycles. The molecular weight excluding hydrogens is 410 g/mol. The van der Waals surface area contributed by atoms with Crippen molar-refractivity contribution < 1.29 is 23.9 Å². The van der Waals surface area contributed by atoms with Crippen LogP contribution >= 0.6 is 34.4 Å². The van der Waals surface area contributed by atoms with Gasteiger partial charge in [-0.25, -0.2) is 9.78 Å². The summed E-state index contributed by atoms with van der Waals surface area (Å²) < 4.78 is 10.7. The first kappa shape index (κ1) is 21.4. The fourth-order valence-corrected chi connectivity index (χ4v) is 4.77. The number of thioether (sulfide) groups is 1. The maximum absolute atomic E-state index is 12.4. The number of methoxy groups -OCH3 is 1. The summed E-state index contributed by atoms with van der Waals surface area (Å²) >= 11 is 3.70. The molecule has 2 rings (SSSR count). The lowest BCUT2D eigenvalue weighted by atomic mass is 10.1. The summed E-state index contributed by atoms with van der Waals surface area (Å²) in [6, 6.07) is 0. The highest BCUT2D eigenvalue weighted by molar-refractivity contribution is 8.01. The van der Waals surface area contributed by atoms with E-state index in [9.17, 15) is 14.4 Å². The van der Waals surface area contributed by atoms with Gasteiger partial charge in [0.15, 0.2) is 4.34 Å². The van der Waals surface area contributed by atoms with Gasteiger partial charge in [-0.2, -0.15) is 0 Å². The second-order valence-corrected chi connectivity index (χ2v) is 8.45. The Balaban J connectivity index is 2.13. The van der Waals surface area contributed by atoms with E-state index in [1.165, 1.54) is 30.2 Å². The van der Waals surface area contributed by atoms with E-state index in [-0.39, 0.29) is 40.3 Å². The summed E-state index contributed by atoms with van der Waals surface area (Å²) in [6.07, 6.45) is 0. The van der Waals surface area contributed by atoms with Gasteiger partial charge in [0, 0.05) is 18.2 Å². The summed E-state index contributed by atoms with van der Waals surface area (Å²) in [6.45, 7) is 3.76. The number of anilines is 1. The topological polar surface area (TPSA) is 121 Å². The number of amides is 2. The van der Waals surface area contributed by atoms with Crippen LogP contribution in [0.4, 0.5) is 5.00 Å². The van der Waals surface area contributed by atoms with Gasteiger partial charge in [0.25, 0.3) is 5.91 Å². The molecule has 0 saturated carbocycles. The number of aryl methyl sites for hydroxylation is 1. The van der Waals surface area contributed by atoms with Gasteiger partial charge < -0.3 is 20.5 Å². The van der Waals surface area contributed by atoms with Crippen LogP contribution in [0.1, 0.15) is 31.3 Å².